The Hall–Kier alpha value is -3.13. The lowest BCUT2D eigenvalue weighted by Crippen LogP contribution is -2.34. The molecule has 3 rings (SSSR count). The molecule has 164 valence electrons. The SMILES string of the molecule is CC1=C(C(=O)O)C(c2ccccc2Cl)C(C(=O)O)=C(COCCN)N1.c1ccccc1. The lowest BCUT2D eigenvalue weighted by Gasteiger charge is -2.30. The summed E-state index contributed by atoms with van der Waals surface area (Å²) in [7, 11) is 0. The van der Waals surface area contributed by atoms with Crippen LogP contribution in [0.5, 0.6) is 0 Å². The van der Waals surface area contributed by atoms with E-state index in [-0.39, 0.29) is 30.1 Å². The van der Waals surface area contributed by atoms with Crippen LogP contribution in [-0.2, 0) is 14.3 Å². The van der Waals surface area contributed by atoms with Crippen LogP contribution in [0, 0.1) is 0 Å². The first-order valence-electron chi connectivity index (χ1n) is 9.58. The highest BCUT2D eigenvalue weighted by atomic mass is 35.5. The lowest BCUT2D eigenvalue weighted by molar-refractivity contribution is -0.133. The summed E-state index contributed by atoms with van der Waals surface area (Å²) in [6.07, 6.45) is 0. The number of carboxylic acids is 2. The molecule has 1 atom stereocenters. The predicted molar refractivity (Wildman–Crippen MR) is 119 cm³/mol. The molecule has 2 aromatic rings. The van der Waals surface area contributed by atoms with Crippen LogP contribution in [0.4, 0.5) is 0 Å². The molecule has 0 bridgehead atoms. The average Bonchev–Trinajstić information content (AvgIpc) is 2.75. The highest BCUT2D eigenvalue weighted by Crippen LogP contribution is 2.41. The lowest BCUT2D eigenvalue weighted by atomic mass is 9.80. The number of nitrogens with one attached hydrogen (secondary N) is 1. The molecule has 0 aliphatic carbocycles. The molecule has 1 aliphatic heterocycles. The van der Waals surface area contributed by atoms with Crippen LogP contribution >= 0.6 is 11.6 Å². The van der Waals surface area contributed by atoms with Crippen LogP contribution in [0.25, 0.3) is 0 Å². The minimum atomic E-state index is -1.24. The van der Waals surface area contributed by atoms with Gasteiger partial charge in [0.05, 0.1) is 36.0 Å². The second kappa shape index (κ2) is 11.9. The van der Waals surface area contributed by atoms with Crippen LogP contribution < -0.4 is 11.1 Å². The fourth-order valence-corrected chi connectivity index (χ4v) is 3.45. The van der Waals surface area contributed by atoms with Gasteiger partial charge >= 0.3 is 11.9 Å². The molecule has 7 nitrogen and oxygen atoms in total. The van der Waals surface area contributed by atoms with E-state index < -0.39 is 17.9 Å². The van der Waals surface area contributed by atoms with Gasteiger partial charge in [0.25, 0.3) is 0 Å². The normalized spacial score (nSPS) is 15.6. The Kier molecular flexibility index (Phi) is 9.27. The van der Waals surface area contributed by atoms with Gasteiger partial charge in [-0.05, 0) is 18.6 Å². The molecule has 0 spiro atoms. The first-order valence-corrected chi connectivity index (χ1v) is 9.95. The molecule has 31 heavy (non-hydrogen) atoms. The molecule has 0 amide bonds. The Labute approximate surface area is 185 Å². The van der Waals surface area contributed by atoms with E-state index in [2.05, 4.69) is 5.32 Å². The fraction of sp³-hybridized carbons (Fsp3) is 0.217. The Morgan fingerprint density at radius 2 is 1.55 bits per heavy atom. The maximum atomic E-state index is 11.9. The Bertz CT molecular complexity index is 946. The molecular weight excluding hydrogens is 420 g/mol. The molecule has 0 radical (unpaired) electrons. The third-order valence-corrected chi connectivity index (χ3v) is 4.84. The third-order valence-electron chi connectivity index (χ3n) is 4.50. The molecular formula is C23H25ClN2O5. The Morgan fingerprint density at radius 1 is 1.00 bits per heavy atom. The molecule has 8 heteroatoms. The topological polar surface area (TPSA) is 122 Å². The molecule has 0 saturated heterocycles. The van der Waals surface area contributed by atoms with E-state index in [1.54, 1.807) is 31.2 Å². The zero-order valence-electron chi connectivity index (χ0n) is 17.0. The second-order valence-electron chi connectivity index (χ2n) is 6.62. The minimum Gasteiger partial charge on any atom is -0.478 e. The predicted octanol–water partition coefficient (Wildman–Crippen LogP) is 3.39. The zero-order chi connectivity index (χ0) is 22.8. The number of hydrogen-bond donors (Lipinski definition) is 4. The summed E-state index contributed by atoms with van der Waals surface area (Å²) in [4.78, 5) is 23.7. The van der Waals surface area contributed by atoms with E-state index in [0.29, 0.717) is 22.8 Å². The van der Waals surface area contributed by atoms with Crippen molar-refractivity contribution < 1.29 is 24.5 Å². The van der Waals surface area contributed by atoms with Crippen molar-refractivity contribution >= 4 is 23.5 Å². The number of halogens is 1. The van der Waals surface area contributed by atoms with Crippen molar-refractivity contribution in [1.82, 2.24) is 5.32 Å². The highest BCUT2D eigenvalue weighted by molar-refractivity contribution is 6.31. The molecule has 0 aromatic heterocycles. The summed E-state index contributed by atoms with van der Waals surface area (Å²) in [5.41, 5.74) is 6.26. The van der Waals surface area contributed by atoms with Crippen LogP contribution in [0.15, 0.2) is 83.2 Å². The summed E-state index contributed by atoms with van der Waals surface area (Å²) in [5, 5.41) is 22.5. The van der Waals surface area contributed by atoms with Gasteiger partial charge in [-0.15, -0.1) is 0 Å². The van der Waals surface area contributed by atoms with Gasteiger partial charge in [0.1, 0.15) is 0 Å². The van der Waals surface area contributed by atoms with Gasteiger partial charge in [-0.2, -0.15) is 0 Å². The quantitative estimate of drug-likeness (QED) is 0.483. The summed E-state index contributed by atoms with van der Waals surface area (Å²) in [5.74, 6) is -3.47. The average molecular weight is 445 g/mol. The summed E-state index contributed by atoms with van der Waals surface area (Å²) >= 11 is 6.22. The van der Waals surface area contributed by atoms with Gasteiger partial charge in [-0.3, -0.25) is 0 Å². The number of nitrogens with two attached hydrogens (primary N) is 1. The first-order chi connectivity index (χ1) is 14.9. The largest absolute Gasteiger partial charge is 0.478 e. The van der Waals surface area contributed by atoms with Crippen molar-refractivity contribution in [3.8, 4) is 0 Å². The molecule has 1 unspecified atom stereocenters. The molecule has 1 aliphatic rings. The first kappa shape index (κ1) is 24.1. The third kappa shape index (κ3) is 6.42. The van der Waals surface area contributed by atoms with E-state index in [9.17, 15) is 19.8 Å². The maximum Gasteiger partial charge on any atom is 0.334 e. The number of rotatable bonds is 7. The number of hydrogen-bond acceptors (Lipinski definition) is 5. The van der Waals surface area contributed by atoms with Gasteiger partial charge in [-0.1, -0.05) is 66.2 Å². The van der Waals surface area contributed by atoms with Crippen molar-refractivity contribution in [3.63, 3.8) is 0 Å². The van der Waals surface area contributed by atoms with E-state index in [1.165, 1.54) is 0 Å². The van der Waals surface area contributed by atoms with Crippen molar-refractivity contribution in [2.75, 3.05) is 19.8 Å². The van der Waals surface area contributed by atoms with Crippen molar-refractivity contribution in [2.45, 2.75) is 12.8 Å². The molecule has 2 aromatic carbocycles. The Balaban J connectivity index is 0.000000488. The molecule has 1 heterocycles. The van der Waals surface area contributed by atoms with E-state index in [1.807, 2.05) is 36.4 Å². The van der Waals surface area contributed by atoms with Crippen LogP contribution in [0.1, 0.15) is 18.4 Å². The van der Waals surface area contributed by atoms with Crippen LogP contribution in [-0.4, -0.2) is 41.9 Å². The maximum absolute atomic E-state index is 11.9. The van der Waals surface area contributed by atoms with E-state index >= 15 is 0 Å². The van der Waals surface area contributed by atoms with Crippen molar-refractivity contribution in [3.05, 3.63) is 93.8 Å². The fourth-order valence-electron chi connectivity index (χ4n) is 3.21. The van der Waals surface area contributed by atoms with Crippen molar-refractivity contribution in [2.24, 2.45) is 5.73 Å². The number of benzene rings is 2. The molecule has 0 saturated carbocycles. The van der Waals surface area contributed by atoms with Gasteiger partial charge in [0.2, 0.25) is 0 Å². The molecule has 0 fully saturated rings. The van der Waals surface area contributed by atoms with E-state index in [4.69, 9.17) is 22.1 Å². The minimum absolute atomic E-state index is 0.0238. The van der Waals surface area contributed by atoms with Gasteiger partial charge in [0, 0.05) is 17.3 Å². The molecule has 5 N–H and O–H groups in total. The monoisotopic (exact) mass is 444 g/mol. The smallest absolute Gasteiger partial charge is 0.334 e. The summed E-state index contributed by atoms with van der Waals surface area (Å²) in [6, 6.07) is 18.6. The number of allylic oxidation sites excluding steroid dienone is 1. The number of dihydropyridines is 1. The number of ether oxygens (including phenoxy) is 1. The van der Waals surface area contributed by atoms with Gasteiger partial charge in [0.15, 0.2) is 0 Å². The number of aliphatic carboxylic acids is 2. The van der Waals surface area contributed by atoms with Gasteiger partial charge < -0.3 is 26.0 Å². The van der Waals surface area contributed by atoms with Crippen LogP contribution in [0.3, 0.4) is 0 Å². The summed E-state index contributed by atoms with van der Waals surface area (Å²) < 4.78 is 5.35. The van der Waals surface area contributed by atoms with Gasteiger partial charge in [-0.25, -0.2) is 9.59 Å². The zero-order valence-corrected chi connectivity index (χ0v) is 17.8. The number of carbonyl (C=O) groups is 2. The second-order valence-corrected chi connectivity index (χ2v) is 7.02. The standard InChI is InChI=1S/C17H19ClN2O5.C6H6/c1-9-13(16(21)22)14(10-4-2-3-5-11(10)18)15(17(23)24)12(20-9)8-25-7-6-19;1-2-4-6-5-3-1/h2-5,14,20H,6-8,19H2,1H3,(H,21,22)(H,23,24);1-6H. The van der Waals surface area contributed by atoms with E-state index in [0.717, 1.165) is 0 Å². The number of carboxylic acid groups (broad SMARTS) is 2. The Morgan fingerprint density at radius 3 is 2.03 bits per heavy atom. The highest BCUT2D eigenvalue weighted by Gasteiger charge is 2.38. The van der Waals surface area contributed by atoms with Crippen molar-refractivity contribution in [1.29, 1.82) is 0 Å². The van der Waals surface area contributed by atoms with Crippen LogP contribution in [0.2, 0.25) is 5.02 Å². The summed E-state index contributed by atoms with van der Waals surface area (Å²) in [6.45, 7) is 2.10.